The normalized spacial score (nSPS) is 15.2. The van der Waals surface area contributed by atoms with Crippen LogP contribution in [0.25, 0.3) is 0 Å². The Balaban J connectivity index is 1.53. The Morgan fingerprint density at radius 2 is 1.37 bits per heavy atom. The lowest BCUT2D eigenvalue weighted by molar-refractivity contribution is 0.0597. The van der Waals surface area contributed by atoms with E-state index in [4.69, 9.17) is 0 Å². The fourth-order valence-electron chi connectivity index (χ4n) is 4.57. The van der Waals surface area contributed by atoms with E-state index < -0.39 is 15.6 Å². The van der Waals surface area contributed by atoms with Gasteiger partial charge >= 0.3 is 0 Å². The highest BCUT2D eigenvalue weighted by molar-refractivity contribution is 9.10. The summed E-state index contributed by atoms with van der Waals surface area (Å²) >= 11 is 3.30. The number of carbonyl (C=O) groups is 1. The van der Waals surface area contributed by atoms with Crippen molar-refractivity contribution in [1.82, 2.24) is 14.5 Å². The van der Waals surface area contributed by atoms with Gasteiger partial charge in [-0.1, -0.05) is 24.3 Å². The van der Waals surface area contributed by atoms with Crippen molar-refractivity contribution in [2.45, 2.75) is 37.2 Å². The summed E-state index contributed by atoms with van der Waals surface area (Å²) in [6, 6.07) is 16.8. The smallest absolute Gasteiger partial charge is 0.253 e. The molecule has 1 aliphatic rings. The highest BCUT2D eigenvalue weighted by atomic mass is 79.9. The van der Waals surface area contributed by atoms with E-state index >= 15 is 0 Å². The van der Waals surface area contributed by atoms with Crippen molar-refractivity contribution in [1.29, 1.82) is 0 Å². The number of halogens is 3. The monoisotopic (exact) mass is 605 g/mol. The fourth-order valence-corrected chi connectivity index (χ4v) is 6.98. The Labute approximate surface area is 230 Å². The van der Waals surface area contributed by atoms with Gasteiger partial charge in [-0.2, -0.15) is 0 Å². The van der Waals surface area contributed by atoms with Crippen LogP contribution in [-0.4, -0.2) is 55.8 Å². The van der Waals surface area contributed by atoms with Gasteiger partial charge in [0, 0.05) is 41.8 Å². The highest BCUT2D eigenvalue weighted by Crippen LogP contribution is 2.31. The van der Waals surface area contributed by atoms with Crippen LogP contribution in [0.5, 0.6) is 0 Å². The summed E-state index contributed by atoms with van der Waals surface area (Å²) in [7, 11) is -3.85. The first-order valence-electron chi connectivity index (χ1n) is 12.2. The molecule has 4 rings (SSSR count). The van der Waals surface area contributed by atoms with Gasteiger partial charge in [-0.25, -0.2) is 21.9 Å². The summed E-state index contributed by atoms with van der Waals surface area (Å²) in [4.78, 5) is 17.2. The Morgan fingerprint density at radius 3 is 1.84 bits per heavy atom. The van der Waals surface area contributed by atoms with Crippen LogP contribution in [0.4, 0.5) is 8.78 Å². The minimum Gasteiger partial charge on any atom is -0.336 e. The van der Waals surface area contributed by atoms with Crippen LogP contribution in [0.15, 0.2) is 76.1 Å². The SMILES string of the molecule is CC(C)(C)NS(=O)(=O)c1cc(C(=O)N2CCN(C(c3ccc(F)cc3)c3ccc(F)cc3)CC2)ccc1Br. The van der Waals surface area contributed by atoms with Crippen molar-refractivity contribution in [3.63, 3.8) is 0 Å². The lowest BCUT2D eigenvalue weighted by Gasteiger charge is -2.40. The van der Waals surface area contributed by atoms with Gasteiger partial charge in [0.2, 0.25) is 10.0 Å². The molecular weight excluding hydrogens is 576 g/mol. The van der Waals surface area contributed by atoms with E-state index in [0.717, 1.165) is 11.1 Å². The van der Waals surface area contributed by atoms with Crippen LogP contribution >= 0.6 is 15.9 Å². The van der Waals surface area contributed by atoms with Crippen molar-refractivity contribution < 1.29 is 22.0 Å². The van der Waals surface area contributed by atoms with Gasteiger partial charge in [-0.15, -0.1) is 0 Å². The van der Waals surface area contributed by atoms with E-state index in [0.29, 0.717) is 30.7 Å². The molecule has 1 saturated heterocycles. The van der Waals surface area contributed by atoms with Crippen LogP contribution in [0.3, 0.4) is 0 Å². The van der Waals surface area contributed by atoms with Crippen LogP contribution in [-0.2, 0) is 10.0 Å². The first kappa shape index (κ1) is 28.4. The van der Waals surface area contributed by atoms with Crippen molar-refractivity contribution in [3.05, 3.63) is 99.5 Å². The van der Waals surface area contributed by atoms with Gasteiger partial charge in [-0.3, -0.25) is 9.69 Å². The molecule has 202 valence electrons. The summed E-state index contributed by atoms with van der Waals surface area (Å²) < 4.78 is 56.1. The minimum atomic E-state index is -3.85. The number of carbonyl (C=O) groups excluding carboxylic acids is 1. The van der Waals surface area contributed by atoms with E-state index in [1.807, 2.05) is 0 Å². The Morgan fingerprint density at radius 1 is 0.868 bits per heavy atom. The maximum absolute atomic E-state index is 13.6. The van der Waals surface area contributed by atoms with Crippen molar-refractivity contribution >= 4 is 31.9 Å². The third-order valence-corrected chi connectivity index (χ3v) is 9.00. The second-order valence-corrected chi connectivity index (χ2v) is 12.8. The second-order valence-electron chi connectivity index (χ2n) is 10.3. The molecule has 38 heavy (non-hydrogen) atoms. The van der Waals surface area contributed by atoms with Crippen LogP contribution in [0.2, 0.25) is 0 Å². The summed E-state index contributed by atoms with van der Waals surface area (Å²) in [5.41, 5.74) is 1.34. The van der Waals surface area contributed by atoms with E-state index in [9.17, 15) is 22.0 Å². The van der Waals surface area contributed by atoms with Crippen molar-refractivity contribution in [2.75, 3.05) is 26.2 Å². The molecule has 10 heteroatoms. The maximum Gasteiger partial charge on any atom is 0.253 e. The zero-order valence-electron chi connectivity index (χ0n) is 21.4. The number of piperazine rings is 1. The van der Waals surface area contributed by atoms with Crippen LogP contribution < -0.4 is 4.72 Å². The number of sulfonamides is 1. The third kappa shape index (κ3) is 6.66. The molecule has 3 aromatic rings. The molecule has 1 N–H and O–H groups in total. The largest absolute Gasteiger partial charge is 0.336 e. The predicted octanol–water partition coefficient (Wildman–Crippen LogP) is 5.35. The quantitative estimate of drug-likeness (QED) is 0.411. The predicted molar refractivity (Wildman–Crippen MR) is 146 cm³/mol. The number of nitrogens with zero attached hydrogens (tertiary/aromatic N) is 2. The van der Waals surface area contributed by atoms with Gasteiger partial charge in [-0.05, 0) is 90.3 Å². The molecule has 1 fully saturated rings. The van der Waals surface area contributed by atoms with Crippen molar-refractivity contribution in [3.8, 4) is 0 Å². The zero-order chi connectivity index (χ0) is 27.7. The molecule has 1 heterocycles. The number of rotatable bonds is 6. The molecule has 0 radical (unpaired) electrons. The van der Waals surface area contributed by atoms with Crippen LogP contribution in [0, 0.1) is 11.6 Å². The van der Waals surface area contributed by atoms with Gasteiger partial charge in [0.1, 0.15) is 11.6 Å². The zero-order valence-corrected chi connectivity index (χ0v) is 23.8. The lowest BCUT2D eigenvalue weighted by Crippen LogP contribution is -2.50. The maximum atomic E-state index is 13.6. The van der Waals surface area contributed by atoms with E-state index in [1.54, 1.807) is 62.1 Å². The number of hydrogen-bond donors (Lipinski definition) is 1. The molecule has 3 aromatic carbocycles. The standard InChI is InChI=1S/C28H30BrF2N3O3S/c1-28(2,3)32-38(36,37)25-18-21(8-13-24(25)29)27(35)34-16-14-33(15-17-34)26(19-4-9-22(30)10-5-19)20-6-11-23(31)12-7-20/h4-13,18,26,32H,14-17H2,1-3H3. The molecule has 0 bridgehead atoms. The molecular formula is C28H30BrF2N3O3S. The average molecular weight is 607 g/mol. The van der Waals surface area contributed by atoms with E-state index in [-0.39, 0.29) is 34.0 Å². The number of nitrogens with one attached hydrogen (secondary N) is 1. The van der Waals surface area contributed by atoms with Gasteiger partial charge in [0.05, 0.1) is 10.9 Å². The lowest BCUT2D eigenvalue weighted by atomic mass is 9.96. The molecule has 1 aliphatic heterocycles. The molecule has 0 aliphatic carbocycles. The second kappa shape index (κ2) is 11.2. The first-order valence-corrected chi connectivity index (χ1v) is 14.5. The highest BCUT2D eigenvalue weighted by Gasteiger charge is 2.30. The topological polar surface area (TPSA) is 69.7 Å². The Bertz CT molecular complexity index is 1360. The van der Waals surface area contributed by atoms with Gasteiger partial charge in [0.15, 0.2) is 0 Å². The Hall–Kier alpha value is -2.66. The number of amides is 1. The fraction of sp³-hybridized carbons (Fsp3) is 0.321. The van der Waals surface area contributed by atoms with Gasteiger partial charge in [0.25, 0.3) is 5.91 Å². The summed E-state index contributed by atoms with van der Waals surface area (Å²) in [5.74, 6) is -0.935. The number of benzene rings is 3. The molecule has 1 amide bonds. The first-order chi connectivity index (χ1) is 17.8. The average Bonchev–Trinajstić information content (AvgIpc) is 2.85. The van der Waals surface area contributed by atoms with Gasteiger partial charge < -0.3 is 4.90 Å². The van der Waals surface area contributed by atoms with Crippen LogP contribution in [0.1, 0.15) is 48.3 Å². The summed E-state index contributed by atoms with van der Waals surface area (Å²) in [6.45, 7) is 7.12. The summed E-state index contributed by atoms with van der Waals surface area (Å²) in [6.07, 6.45) is 0. The van der Waals surface area contributed by atoms with Crippen molar-refractivity contribution in [2.24, 2.45) is 0 Å². The summed E-state index contributed by atoms with van der Waals surface area (Å²) in [5, 5.41) is 0. The molecule has 0 atom stereocenters. The molecule has 0 aromatic heterocycles. The van der Waals surface area contributed by atoms with E-state index in [1.165, 1.54) is 30.3 Å². The molecule has 6 nitrogen and oxygen atoms in total. The number of hydrogen-bond acceptors (Lipinski definition) is 4. The molecule has 0 spiro atoms. The van der Waals surface area contributed by atoms with E-state index in [2.05, 4.69) is 25.6 Å². The molecule has 0 unspecified atom stereocenters. The molecule has 0 saturated carbocycles. The Kier molecular flexibility index (Phi) is 8.37. The third-order valence-electron chi connectivity index (χ3n) is 6.25. The minimum absolute atomic E-state index is 0.00425.